The van der Waals surface area contributed by atoms with Crippen LogP contribution in [0.15, 0.2) is 34.3 Å². The van der Waals surface area contributed by atoms with Crippen LogP contribution in [0.25, 0.3) is 0 Å². The van der Waals surface area contributed by atoms with E-state index >= 15 is 0 Å². The van der Waals surface area contributed by atoms with Crippen molar-refractivity contribution in [1.29, 1.82) is 0 Å². The monoisotopic (exact) mass is 564 g/mol. The van der Waals surface area contributed by atoms with Crippen molar-refractivity contribution < 1.29 is 0 Å². The van der Waals surface area contributed by atoms with Crippen LogP contribution < -0.4 is 0 Å². The minimum absolute atomic E-state index is 0.709. The van der Waals surface area contributed by atoms with Crippen molar-refractivity contribution in [2.24, 2.45) is 9.98 Å². The Labute approximate surface area is 256 Å². The fourth-order valence-electron chi connectivity index (χ4n) is 6.41. The lowest BCUT2D eigenvalue weighted by Gasteiger charge is -2.17. The first-order chi connectivity index (χ1) is 20.3. The van der Waals surface area contributed by atoms with E-state index in [0.717, 1.165) is 11.7 Å². The number of benzene rings is 1. The molecule has 1 heterocycles. The highest BCUT2D eigenvalue weighted by Gasteiger charge is 2.19. The molecule has 1 aliphatic heterocycles. The summed E-state index contributed by atoms with van der Waals surface area (Å²) in [6, 6.07) is 9.20. The summed E-state index contributed by atoms with van der Waals surface area (Å²) >= 11 is 0. The Hall–Kier alpha value is -1.57. The second-order valence-corrected chi connectivity index (χ2v) is 12.9. The highest BCUT2D eigenvalue weighted by Crippen LogP contribution is 2.30. The molecule has 0 amide bonds. The van der Waals surface area contributed by atoms with Gasteiger partial charge < -0.3 is 0 Å². The van der Waals surface area contributed by atoms with Crippen molar-refractivity contribution >= 4 is 12.4 Å². The van der Waals surface area contributed by atoms with E-state index in [1.165, 1.54) is 179 Å². The van der Waals surface area contributed by atoms with Gasteiger partial charge in [0.25, 0.3) is 0 Å². The first kappa shape index (κ1) is 35.6. The van der Waals surface area contributed by atoms with Crippen molar-refractivity contribution in [3.63, 3.8) is 0 Å². The Kier molecular flexibility index (Phi) is 22.7. The van der Waals surface area contributed by atoms with Crippen LogP contribution in [0.3, 0.4) is 0 Å². The molecule has 41 heavy (non-hydrogen) atoms. The van der Waals surface area contributed by atoms with Crippen molar-refractivity contribution in [3.05, 3.63) is 41.6 Å². The van der Waals surface area contributed by atoms with Crippen LogP contribution in [0.4, 0.5) is 0 Å². The average Bonchev–Trinajstić information content (AvgIpc) is 3.54. The van der Waals surface area contributed by atoms with Crippen LogP contribution in [-0.2, 0) is 0 Å². The molecule has 1 aliphatic rings. The Bertz CT molecular complexity index is 737. The number of nitrogens with zero attached hydrogens (tertiary/aromatic N) is 2. The van der Waals surface area contributed by atoms with E-state index in [-0.39, 0.29) is 0 Å². The molecule has 0 radical (unpaired) electrons. The zero-order chi connectivity index (χ0) is 29.1. The van der Waals surface area contributed by atoms with Gasteiger partial charge in [-0.2, -0.15) is 0 Å². The second-order valence-electron chi connectivity index (χ2n) is 12.9. The van der Waals surface area contributed by atoms with Gasteiger partial charge in [-0.1, -0.05) is 174 Å². The number of unbranched alkanes of at least 4 members (excludes halogenated alkanes) is 23. The molecule has 1 aromatic rings. The third-order valence-electron chi connectivity index (χ3n) is 9.16. The maximum absolute atomic E-state index is 4.38. The Balaban J connectivity index is 1.58. The standard InChI is InChI=1S/C39H67N2/c1-3-5-7-9-11-13-15-16-17-18-19-21-23-25-27-29-36(28-26-24-22-20-14-12-10-8-6-4-2)37-30-32-38(33-31-37)39-40-34-35-41-39/h30-36H,3-29H2,1-2H3/q+1. The average molecular weight is 564 g/mol. The van der Waals surface area contributed by atoms with Gasteiger partial charge >= 0.3 is 0 Å². The summed E-state index contributed by atoms with van der Waals surface area (Å²) in [4.78, 5) is 8.76. The number of hydrogen-bond acceptors (Lipinski definition) is 2. The summed E-state index contributed by atoms with van der Waals surface area (Å²) in [5.74, 6) is 0.709. The fourth-order valence-corrected chi connectivity index (χ4v) is 6.41. The van der Waals surface area contributed by atoms with Gasteiger partial charge in [0.15, 0.2) is 0 Å². The van der Waals surface area contributed by atoms with Crippen LogP contribution in [0, 0.1) is 6.17 Å². The topological polar surface area (TPSA) is 24.7 Å². The van der Waals surface area contributed by atoms with Crippen LogP contribution >= 0.6 is 0 Å². The lowest BCUT2D eigenvalue weighted by molar-refractivity contribution is 0.480. The van der Waals surface area contributed by atoms with Gasteiger partial charge in [0, 0.05) is 12.1 Å². The first-order valence-electron chi connectivity index (χ1n) is 18.4. The molecule has 0 bridgehead atoms. The third kappa shape index (κ3) is 18.6. The summed E-state index contributed by atoms with van der Waals surface area (Å²) in [5.41, 5.74) is 2.67. The molecule has 0 aliphatic carbocycles. The Morgan fingerprint density at radius 1 is 0.439 bits per heavy atom. The van der Waals surface area contributed by atoms with E-state index in [2.05, 4.69) is 48.1 Å². The van der Waals surface area contributed by atoms with Gasteiger partial charge in [0.05, 0.1) is 0 Å². The summed E-state index contributed by atoms with van der Waals surface area (Å²) in [5, 5.41) is 0. The molecule has 1 atom stereocenters. The predicted octanol–water partition coefficient (Wildman–Crippen LogP) is 13.3. The molecule has 2 heteroatoms. The van der Waals surface area contributed by atoms with E-state index in [0.29, 0.717) is 5.92 Å². The van der Waals surface area contributed by atoms with Crippen LogP contribution in [0.1, 0.15) is 204 Å². The molecule has 232 valence electrons. The molecule has 1 aromatic carbocycles. The molecule has 2 nitrogen and oxygen atoms in total. The number of rotatable bonds is 29. The molecule has 0 aromatic heterocycles. The SMILES string of the molecule is CCCCCCCCCCCCCCCCCC(CCCCCCCCCCCC)c1ccc([C+]2N=CC=N2)cc1. The van der Waals surface area contributed by atoms with Gasteiger partial charge in [-0.05, 0) is 36.5 Å². The van der Waals surface area contributed by atoms with Gasteiger partial charge in [0.2, 0.25) is 6.17 Å². The van der Waals surface area contributed by atoms with Crippen molar-refractivity contribution in [3.8, 4) is 0 Å². The predicted molar refractivity (Wildman–Crippen MR) is 185 cm³/mol. The van der Waals surface area contributed by atoms with Gasteiger partial charge in [-0.25, -0.2) is 0 Å². The third-order valence-corrected chi connectivity index (χ3v) is 9.16. The summed E-state index contributed by atoms with van der Waals surface area (Å²) < 4.78 is 0. The lowest BCUT2D eigenvalue weighted by atomic mass is 9.87. The van der Waals surface area contributed by atoms with Gasteiger partial charge in [-0.3, -0.25) is 0 Å². The maximum Gasteiger partial charge on any atom is 0.243 e. The fraction of sp³-hybridized carbons (Fsp3) is 0.769. The zero-order valence-corrected chi connectivity index (χ0v) is 27.5. The first-order valence-corrected chi connectivity index (χ1v) is 18.4. The molecular weight excluding hydrogens is 496 g/mol. The summed E-state index contributed by atoms with van der Waals surface area (Å²) in [6.07, 6.45) is 42.9. The highest BCUT2D eigenvalue weighted by molar-refractivity contribution is 6.18. The molecule has 0 saturated heterocycles. The van der Waals surface area contributed by atoms with E-state index in [1.54, 1.807) is 12.4 Å². The van der Waals surface area contributed by atoms with Crippen LogP contribution in [0.2, 0.25) is 0 Å². The zero-order valence-electron chi connectivity index (χ0n) is 27.5. The van der Waals surface area contributed by atoms with Crippen molar-refractivity contribution in [2.45, 2.75) is 193 Å². The van der Waals surface area contributed by atoms with E-state index in [1.807, 2.05) is 0 Å². The number of aliphatic imine (C=N–C) groups is 2. The molecule has 0 fully saturated rings. The van der Waals surface area contributed by atoms with Gasteiger partial charge in [0.1, 0.15) is 18.0 Å². The second kappa shape index (κ2) is 26.1. The van der Waals surface area contributed by atoms with Gasteiger partial charge in [-0.15, -0.1) is 9.98 Å². The largest absolute Gasteiger partial charge is 0.243 e. The quantitative estimate of drug-likeness (QED) is 0.0684. The normalized spacial score (nSPS) is 13.5. The Morgan fingerprint density at radius 2 is 0.756 bits per heavy atom. The maximum atomic E-state index is 4.38. The number of hydrogen-bond donors (Lipinski definition) is 0. The highest BCUT2D eigenvalue weighted by atomic mass is 15.0. The molecule has 1 unspecified atom stereocenters. The van der Waals surface area contributed by atoms with Crippen LogP contribution in [0.5, 0.6) is 0 Å². The molecule has 2 rings (SSSR count). The minimum Gasteiger partial charge on any atom is -0.147 e. The minimum atomic E-state index is 0.709. The van der Waals surface area contributed by atoms with E-state index in [4.69, 9.17) is 0 Å². The van der Waals surface area contributed by atoms with E-state index in [9.17, 15) is 0 Å². The Morgan fingerprint density at radius 3 is 1.10 bits per heavy atom. The lowest BCUT2D eigenvalue weighted by Crippen LogP contribution is -2.01. The van der Waals surface area contributed by atoms with E-state index < -0.39 is 0 Å². The van der Waals surface area contributed by atoms with Crippen molar-refractivity contribution in [2.75, 3.05) is 0 Å². The molecule has 0 saturated carbocycles. The molecule has 0 N–H and O–H groups in total. The van der Waals surface area contributed by atoms with Crippen LogP contribution in [-0.4, -0.2) is 12.4 Å². The summed E-state index contributed by atoms with van der Waals surface area (Å²) in [6.45, 7) is 4.61. The molecule has 0 spiro atoms. The smallest absolute Gasteiger partial charge is 0.147 e. The van der Waals surface area contributed by atoms with Crippen molar-refractivity contribution in [1.82, 2.24) is 0 Å². The summed E-state index contributed by atoms with van der Waals surface area (Å²) in [7, 11) is 0. The molecular formula is C39H67N2+.